The molecule has 3 aromatic rings. The van der Waals surface area contributed by atoms with Gasteiger partial charge in [0, 0.05) is 35.7 Å². The van der Waals surface area contributed by atoms with Gasteiger partial charge in [-0.3, -0.25) is 9.20 Å². The number of rotatable bonds is 6. The standard InChI is InChI=1S/C19H21FN4O2S/c1-3-23(16-5-4-13(20)8-21-16)9-14-7-17(26)24-18(15-6-12(15)10-25)11(2)27-19(24)22-14/h4-5,7-8,12,15,25H,3,6,9-10H2,1-2H3. The van der Waals surface area contributed by atoms with E-state index in [0.717, 1.165) is 17.0 Å². The van der Waals surface area contributed by atoms with Gasteiger partial charge in [-0.15, -0.1) is 11.3 Å². The highest BCUT2D eigenvalue weighted by Gasteiger charge is 2.41. The van der Waals surface area contributed by atoms with Crippen molar-refractivity contribution in [3.8, 4) is 0 Å². The first-order valence-corrected chi connectivity index (χ1v) is 9.82. The van der Waals surface area contributed by atoms with Gasteiger partial charge in [-0.1, -0.05) is 0 Å². The molecule has 0 spiro atoms. The van der Waals surface area contributed by atoms with Gasteiger partial charge in [-0.2, -0.15) is 0 Å². The highest BCUT2D eigenvalue weighted by Crippen LogP contribution is 2.49. The number of hydrogen-bond acceptors (Lipinski definition) is 6. The van der Waals surface area contributed by atoms with Gasteiger partial charge in [0.2, 0.25) is 0 Å². The van der Waals surface area contributed by atoms with Gasteiger partial charge >= 0.3 is 0 Å². The molecule has 27 heavy (non-hydrogen) atoms. The molecule has 1 aliphatic carbocycles. The van der Waals surface area contributed by atoms with Crippen LogP contribution in [0.4, 0.5) is 10.2 Å². The van der Waals surface area contributed by atoms with Crippen molar-refractivity contribution in [1.82, 2.24) is 14.4 Å². The van der Waals surface area contributed by atoms with E-state index in [9.17, 15) is 14.3 Å². The van der Waals surface area contributed by atoms with Crippen LogP contribution >= 0.6 is 11.3 Å². The van der Waals surface area contributed by atoms with E-state index < -0.39 is 0 Å². The second kappa shape index (κ2) is 7.01. The summed E-state index contributed by atoms with van der Waals surface area (Å²) >= 11 is 1.51. The number of fused-ring (bicyclic) bond motifs is 1. The van der Waals surface area contributed by atoms with Gasteiger partial charge in [0.15, 0.2) is 4.96 Å². The number of thiazole rings is 1. The summed E-state index contributed by atoms with van der Waals surface area (Å²) in [6.45, 7) is 5.22. The average molecular weight is 388 g/mol. The Morgan fingerprint density at radius 3 is 2.89 bits per heavy atom. The number of pyridine rings is 1. The van der Waals surface area contributed by atoms with Crippen LogP contribution in [-0.4, -0.2) is 32.6 Å². The molecule has 0 aliphatic heterocycles. The van der Waals surface area contributed by atoms with E-state index in [1.165, 1.54) is 23.6 Å². The van der Waals surface area contributed by atoms with Crippen LogP contribution in [0.1, 0.15) is 35.5 Å². The van der Waals surface area contributed by atoms with E-state index in [0.29, 0.717) is 29.6 Å². The van der Waals surface area contributed by atoms with Crippen LogP contribution in [0.5, 0.6) is 0 Å². The second-order valence-electron chi connectivity index (χ2n) is 6.88. The van der Waals surface area contributed by atoms with Crippen LogP contribution in [0, 0.1) is 18.7 Å². The fraction of sp³-hybridized carbons (Fsp3) is 0.421. The highest BCUT2D eigenvalue weighted by atomic mass is 32.1. The minimum Gasteiger partial charge on any atom is -0.396 e. The summed E-state index contributed by atoms with van der Waals surface area (Å²) in [5.74, 6) is 0.751. The molecule has 1 saturated carbocycles. The van der Waals surface area contributed by atoms with Crippen LogP contribution < -0.4 is 10.5 Å². The second-order valence-corrected chi connectivity index (χ2v) is 8.06. The van der Waals surface area contributed by atoms with Crippen LogP contribution in [0.2, 0.25) is 0 Å². The van der Waals surface area contributed by atoms with E-state index in [1.54, 1.807) is 16.5 Å². The first kappa shape index (κ1) is 18.1. The highest BCUT2D eigenvalue weighted by molar-refractivity contribution is 7.17. The molecular weight excluding hydrogens is 367 g/mol. The van der Waals surface area contributed by atoms with E-state index in [-0.39, 0.29) is 29.8 Å². The Morgan fingerprint density at radius 2 is 2.26 bits per heavy atom. The number of aliphatic hydroxyl groups is 1. The van der Waals surface area contributed by atoms with Crippen molar-refractivity contribution in [2.45, 2.75) is 32.7 Å². The van der Waals surface area contributed by atoms with Crippen molar-refractivity contribution in [3.05, 3.63) is 56.8 Å². The normalized spacial score (nSPS) is 18.8. The summed E-state index contributed by atoms with van der Waals surface area (Å²) in [7, 11) is 0. The molecule has 3 heterocycles. The summed E-state index contributed by atoms with van der Waals surface area (Å²) in [5.41, 5.74) is 1.56. The summed E-state index contributed by atoms with van der Waals surface area (Å²) in [4.78, 5) is 25.3. The van der Waals surface area contributed by atoms with Gasteiger partial charge in [0.25, 0.3) is 5.56 Å². The molecule has 1 fully saturated rings. The zero-order valence-electron chi connectivity index (χ0n) is 15.2. The molecule has 1 aliphatic rings. The molecule has 2 atom stereocenters. The lowest BCUT2D eigenvalue weighted by molar-refractivity contribution is 0.273. The first-order chi connectivity index (χ1) is 13.0. The van der Waals surface area contributed by atoms with E-state index in [4.69, 9.17) is 0 Å². The monoisotopic (exact) mass is 388 g/mol. The number of hydrogen-bond donors (Lipinski definition) is 1. The first-order valence-electron chi connectivity index (χ1n) is 9.01. The van der Waals surface area contributed by atoms with Crippen molar-refractivity contribution in [3.63, 3.8) is 0 Å². The third-order valence-electron chi connectivity index (χ3n) is 5.07. The van der Waals surface area contributed by atoms with Crippen molar-refractivity contribution < 1.29 is 9.50 Å². The van der Waals surface area contributed by atoms with E-state index >= 15 is 0 Å². The number of aliphatic hydroxyl groups excluding tert-OH is 1. The number of halogens is 1. The third-order valence-corrected chi connectivity index (χ3v) is 6.04. The van der Waals surface area contributed by atoms with Crippen molar-refractivity contribution in [2.75, 3.05) is 18.1 Å². The van der Waals surface area contributed by atoms with Crippen molar-refractivity contribution in [1.29, 1.82) is 0 Å². The minimum absolute atomic E-state index is 0.0962. The lowest BCUT2D eigenvalue weighted by Gasteiger charge is -2.21. The summed E-state index contributed by atoms with van der Waals surface area (Å²) in [6, 6.07) is 4.56. The SMILES string of the molecule is CCN(Cc1cc(=O)n2c(C3CC3CO)c(C)sc2n1)c1ccc(F)cn1. The van der Waals surface area contributed by atoms with Crippen molar-refractivity contribution in [2.24, 2.45) is 5.92 Å². The van der Waals surface area contributed by atoms with Crippen LogP contribution in [0.25, 0.3) is 4.96 Å². The van der Waals surface area contributed by atoms with Gasteiger partial charge in [-0.25, -0.2) is 14.4 Å². The van der Waals surface area contributed by atoms with Crippen LogP contribution in [-0.2, 0) is 6.54 Å². The Labute approximate surface area is 159 Å². The average Bonchev–Trinajstić information content (AvgIpc) is 3.35. The molecular formula is C19H21FN4O2S. The molecule has 0 radical (unpaired) electrons. The summed E-state index contributed by atoms with van der Waals surface area (Å²) < 4.78 is 14.8. The maximum absolute atomic E-state index is 13.1. The lowest BCUT2D eigenvalue weighted by atomic mass is 10.2. The fourth-order valence-corrected chi connectivity index (χ4v) is 4.60. The van der Waals surface area contributed by atoms with Gasteiger partial charge in [0.1, 0.15) is 11.6 Å². The predicted octanol–water partition coefficient (Wildman–Crippen LogP) is 2.72. The minimum atomic E-state index is -0.379. The Kier molecular flexibility index (Phi) is 4.69. The number of anilines is 1. The third kappa shape index (κ3) is 3.35. The quantitative estimate of drug-likeness (QED) is 0.703. The molecule has 6 nitrogen and oxygen atoms in total. The zero-order chi connectivity index (χ0) is 19.1. The molecule has 0 saturated heterocycles. The van der Waals surface area contributed by atoms with E-state index in [2.05, 4.69) is 9.97 Å². The summed E-state index contributed by atoms with van der Waals surface area (Å²) in [5, 5.41) is 9.37. The molecule has 0 amide bonds. The summed E-state index contributed by atoms with van der Waals surface area (Å²) in [6.07, 6.45) is 2.10. The molecule has 8 heteroatoms. The molecule has 4 rings (SSSR count). The molecule has 0 aromatic carbocycles. The predicted molar refractivity (Wildman–Crippen MR) is 103 cm³/mol. The zero-order valence-corrected chi connectivity index (χ0v) is 16.0. The van der Waals surface area contributed by atoms with E-state index in [1.807, 2.05) is 18.7 Å². The number of aryl methyl sites for hydroxylation is 1. The molecule has 1 N–H and O–H groups in total. The molecule has 142 valence electrons. The van der Waals surface area contributed by atoms with Gasteiger partial charge in [-0.05, 0) is 38.3 Å². The Balaban J connectivity index is 1.67. The maximum Gasteiger partial charge on any atom is 0.259 e. The number of aromatic nitrogens is 3. The Hall–Kier alpha value is -2.32. The van der Waals surface area contributed by atoms with Crippen LogP contribution in [0.15, 0.2) is 29.2 Å². The molecule has 2 unspecified atom stereocenters. The Bertz CT molecular complexity index is 1030. The molecule has 3 aromatic heterocycles. The number of nitrogens with zero attached hydrogens (tertiary/aromatic N) is 4. The Morgan fingerprint density at radius 1 is 1.44 bits per heavy atom. The fourth-order valence-electron chi connectivity index (χ4n) is 3.54. The largest absolute Gasteiger partial charge is 0.396 e. The van der Waals surface area contributed by atoms with Crippen molar-refractivity contribution >= 4 is 22.1 Å². The maximum atomic E-state index is 13.1. The topological polar surface area (TPSA) is 70.7 Å². The van der Waals surface area contributed by atoms with Gasteiger partial charge < -0.3 is 10.0 Å². The molecule has 0 bridgehead atoms. The van der Waals surface area contributed by atoms with Gasteiger partial charge in [0.05, 0.1) is 18.4 Å². The smallest absolute Gasteiger partial charge is 0.259 e. The van der Waals surface area contributed by atoms with Crippen LogP contribution in [0.3, 0.4) is 0 Å². The lowest BCUT2D eigenvalue weighted by Crippen LogP contribution is -2.25.